The zero-order chi connectivity index (χ0) is 27.8. The van der Waals surface area contributed by atoms with Crippen LogP contribution in [0.15, 0.2) is 36.4 Å². The minimum atomic E-state index is -0.625. The molecule has 2 aromatic rings. The Bertz CT molecular complexity index is 1160. The summed E-state index contributed by atoms with van der Waals surface area (Å²) >= 11 is 0. The van der Waals surface area contributed by atoms with Crippen molar-refractivity contribution in [1.82, 2.24) is 15.1 Å². The van der Waals surface area contributed by atoms with E-state index in [1.54, 1.807) is 11.9 Å². The van der Waals surface area contributed by atoms with Gasteiger partial charge in [-0.15, -0.1) is 0 Å². The molecule has 7 heteroatoms. The van der Waals surface area contributed by atoms with Crippen LogP contribution in [-0.4, -0.2) is 60.6 Å². The third kappa shape index (κ3) is 6.95. The minimum Gasteiger partial charge on any atom is -0.369 e. The lowest BCUT2D eigenvalue weighted by molar-refractivity contribution is -0.125. The SMILES string of the molecule is CCN(CCCCCc1cccc2c1CN(C(CCC=O)C(=O)NC)C2=O)CC[C@H]1OCc2ccc(C)cc21. The molecule has 0 aliphatic carbocycles. The van der Waals surface area contributed by atoms with Crippen molar-refractivity contribution in [3.8, 4) is 0 Å². The highest BCUT2D eigenvalue weighted by Crippen LogP contribution is 2.34. The molecule has 0 spiro atoms. The van der Waals surface area contributed by atoms with Crippen LogP contribution in [0.25, 0.3) is 0 Å². The van der Waals surface area contributed by atoms with Gasteiger partial charge in [-0.1, -0.05) is 49.2 Å². The number of nitrogens with one attached hydrogen (secondary N) is 1. The molecule has 7 nitrogen and oxygen atoms in total. The van der Waals surface area contributed by atoms with E-state index in [9.17, 15) is 14.4 Å². The molecule has 0 fully saturated rings. The van der Waals surface area contributed by atoms with Crippen LogP contribution in [0.2, 0.25) is 0 Å². The van der Waals surface area contributed by atoms with E-state index in [1.807, 2.05) is 12.1 Å². The molecule has 2 atom stereocenters. The van der Waals surface area contributed by atoms with Crippen LogP contribution in [0.1, 0.15) is 89.7 Å². The first-order valence-corrected chi connectivity index (χ1v) is 14.5. The molecular weight excluding hydrogens is 490 g/mol. The van der Waals surface area contributed by atoms with E-state index in [2.05, 4.69) is 48.3 Å². The Hall–Kier alpha value is -3.03. The summed E-state index contributed by atoms with van der Waals surface area (Å²) in [5.74, 6) is -0.340. The van der Waals surface area contributed by atoms with Crippen molar-refractivity contribution in [2.75, 3.05) is 26.7 Å². The Morgan fingerprint density at radius 3 is 2.82 bits per heavy atom. The second-order valence-electron chi connectivity index (χ2n) is 10.8. The summed E-state index contributed by atoms with van der Waals surface area (Å²) in [7, 11) is 1.57. The number of aldehydes is 1. The first-order chi connectivity index (χ1) is 19.0. The number of benzene rings is 2. The molecule has 0 radical (unpaired) electrons. The van der Waals surface area contributed by atoms with Crippen LogP contribution in [0.3, 0.4) is 0 Å². The van der Waals surface area contributed by atoms with Crippen molar-refractivity contribution in [3.05, 3.63) is 69.8 Å². The van der Waals surface area contributed by atoms with Crippen molar-refractivity contribution in [1.29, 1.82) is 0 Å². The first kappa shape index (κ1) is 29.0. The highest BCUT2D eigenvalue weighted by Gasteiger charge is 2.36. The zero-order valence-electron chi connectivity index (χ0n) is 23.7. The third-order valence-corrected chi connectivity index (χ3v) is 8.24. The van der Waals surface area contributed by atoms with Crippen molar-refractivity contribution in [2.24, 2.45) is 0 Å². The number of fused-ring (bicyclic) bond motifs is 2. The lowest BCUT2D eigenvalue weighted by atomic mass is 9.98. The van der Waals surface area contributed by atoms with Gasteiger partial charge in [0.2, 0.25) is 5.91 Å². The van der Waals surface area contributed by atoms with Gasteiger partial charge < -0.3 is 24.6 Å². The highest BCUT2D eigenvalue weighted by molar-refractivity contribution is 6.01. The summed E-state index contributed by atoms with van der Waals surface area (Å²) in [5, 5.41) is 2.65. The minimum absolute atomic E-state index is 0.117. The number of ether oxygens (including phenoxy) is 1. The summed E-state index contributed by atoms with van der Waals surface area (Å²) in [5.41, 5.74) is 6.90. The third-order valence-electron chi connectivity index (χ3n) is 8.24. The topological polar surface area (TPSA) is 79.0 Å². The Morgan fingerprint density at radius 2 is 2.05 bits per heavy atom. The van der Waals surface area contributed by atoms with Crippen molar-refractivity contribution in [2.45, 2.75) is 84.1 Å². The van der Waals surface area contributed by atoms with Gasteiger partial charge in [-0.25, -0.2) is 0 Å². The lowest BCUT2D eigenvalue weighted by Gasteiger charge is -2.25. The maximum atomic E-state index is 13.1. The number of rotatable bonds is 15. The fourth-order valence-corrected chi connectivity index (χ4v) is 5.95. The van der Waals surface area contributed by atoms with Gasteiger partial charge in [0.05, 0.1) is 12.7 Å². The number of amides is 2. The molecule has 0 bridgehead atoms. The molecule has 2 aromatic carbocycles. The number of hydrogen-bond acceptors (Lipinski definition) is 5. The predicted molar refractivity (Wildman–Crippen MR) is 152 cm³/mol. The van der Waals surface area contributed by atoms with Crippen LogP contribution in [0.5, 0.6) is 0 Å². The maximum absolute atomic E-state index is 13.1. The van der Waals surface area contributed by atoms with Crippen molar-refractivity contribution >= 4 is 18.1 Å². The molecule has 0 saturated heterocycles. The van der Waals surface area contributed by atoms with Gasteiger partial charge >= 0.3 is 0 Å². The summed E-state index contributed by atoms with van der Waals surface area (Å²) < 4.78 is 6.08. The number of carbonyl (C=O) groups excluding carboxylic acids is 3. The molecule has 0 saturated carbocycles. The van der Waals surface area contributed by atoms with Crippen LogP contribution in [-0.2, 0) is 33.9 Å². The number of likely N-dealkylation sites (N-methyl/N-ethyl adjacent to an activating group) is 1. The maximum Gasteiger partial charge on any atom is 0.255 e. The summed E-state index contributed by atoms with van der Waals surface area (Å²) in [6.45, 7) is 8.67. The summed E-state index contributed by atoms with van der Waals surface area (Å²) in [6, 6.07) is 11.9. The summed E-state index contributed by atoms with van der Waals surface area (Å²) in [4.78, 5) is 40.7. The number of aryl methyl sites for hydroxylation is 2. The van der Waals surface area contributed by atoms with Crippen LogP contribution < -0.4 is 5.32 Å². The second kappa shape index (κ2) is 13.9. The largest absolute Gasteiger partial charge is 0.369 e. The molecule has 2 aliphatic heterocycles. The number of hydrogen-bond donors (Lipinski definition) is 1. The Labute approximate surface area is 232 Å². The normalized spacial score (nSPS) is 16.9. The standard InChI is InChI=1S/C32H43N3O4/c1-4-34(18-16-30-27-20-23(2)14-15-25(27)22-39-30)17-7-5-6-10-24-11-8-12-26-28(24)21-35(32(26)38)29(13-9-19-36)31(37)33-3/h8,11-12,14-15,19-20,29-30H,4-7,9-10,13,16-18,21-22H2,1-3H3,(H,33,37)/t29?,30-/m1/s1. The average molecular weight is 534 g/mol. The van der Waals surface area contributed by atoms with Gasteiger partial charge in [0.15, 0.2) is 0 Å². The second-order valence-corrected chi connectivity index (χ2v) is 10.8. The molecule has 39 heavy (non-hydrogen) atoms. The average Bonchev–Trinajstić information content (AvgIpc) is 3.51. The number of carbonyl (C=O) groups is 3. The van der Waals surface area contributed by atoms with E-state index >= 15 is 0 Å². The Balaban J connectivity index is 1.24. The molecule has 1 unspecified atom stereocenters. The zero-order valence-corrected chi connectivity index (χ0v) is 23.7. The molecule has 1 N–H and O–H groups in total. The molecular formula is C32H43N3O4. The van der Waals surface area contributed by atoms with Gasteiger partial charge in [0, 0.05) is 32.1 Å². The smallest absolute Gasteiger partial charge is 0.255 e. The first-order valence-electron chi connectivity index (χ1n) is 14.5. The lowest BCUT2D eigenvalue weighted by Crippen LogP contribution is -2.46. The van der Waals surface area contributed by atoms with Crippen LogP contribution >= 0.6 is 0 Å². The fraction of sp³-hybridized carbons (Fsp3) is 0.531. The Kier molecular flexibility index (Phi) is 10.3. The Morgan fingerprint density at radius 1 is 1.21 bits per heavy atom. The van der Waals surface area contributed by atoms with E-state index in [-0.39, 0.29) is 24.3 Å². The van der Waals surface area contributed by atoms with Crippen LogP contribution in [0.4, 0.5) is 0 Å². The summed E-state index contributed by atoms with van der Waals surface area (Å²) in [6.07, 6.45) is 6.86. The molecule has 210 valence electrons. The van der Waals surface area contributed by atoms with Gasteiger partial charge in [0.25, 0.3) is 5.91 Å². The number of unbranched alkanes of at least 4 members (excludes halogenated alkanes) is 2. The molecule has 2 aliphatic rings. The monoisotopic (exact) mass is 533 g/mol. The van der Waals surface area contributed by atoms with E-state index in [1.165, 1.54) is 22.3 Å². The quantitative estimate of drug-likeness (QED) is 0.264. The van der Waals surface area contributed by atoms with E-state index in [0.717, 1.165) is 70.2 Å². The van der Waals surface area contributed by atoms with E-state index < -0.39 is 6.04 Å². The molecule has 4 rings (SSSR count). The van der Waals surface area contributed by atoms with Gasteiger partial charge in [-0.3, -0.25) is 9.59 Å². The fourth-order valence-electron chi connectivity index (χ4n) is 5.95. The molecule has 0 aromatic heterocycles. The van der Waals surface area contributed by atoms with Gasteiger partial charge in [0.1, 0.15) is 12.3 Å². The molecule has 2 amide bonds. The van der Waals surface area contributed by atoms with Crippen LogP contribution in [0, 0.1) is 6.92 Å². The highest BCUT2D eigenvalue weighted by atomic mass is 16.5. The predicted octanol–water partition coefficient (Wildman–Crippen LogP) is 4.74. The molecule has 2 heterocycles. The van der Waals surface area contributed by atoms with Crippen molar-refractivity contribution < 1.29 is 19.1 Å². The van der Waals surface area contributed by atoms with Gasteiger partial charge in [-0.05, 0) is 80.4 Å². The van der Waals surface area contributed by atoms with Gasteiger partial charge in [-0.2, -0.15) is 0 Å². The van der Waals surface area contributed by atoms with E-state index in [0.29, 0.717) is 18.5 Å². The van der Waals surface area contributed by atoms with Crippen molar-refractivity contribution in [3.63, 3.8) is 0 Å². The number of nitrogens with zero attached hydrogens (tertiary/aromatic N) is 2. The van der Waals surface area contributed by atoms with E-state index in [4.69, 9.17) is 4.74 Å².